The van der Waals surface area contributed by atoms with E-state index in [2.05, 4.69) is 20.3 Å². The molecule has 0 amide bonds. The zero-order valence-corrected chi connectivity index (χ0v) is 23.8. The topological polar surface area (TPSA) is 95.5 Å². The third-order valence-corrected chi connectivity index (χ3v) is 7.43. The van der Waals surface area contributed by atoms with Crippen molar-refractivity contribution in [1.82, 2.24) is 15.0 Å². The van der Waals surface area contributed by atoms with E-state index in [4.69, 9.17) is 14.2 Å². The number of ether oxygens (including phenoxy) is 3. The Bertz CT molecular complexity index is 1460. The average molecular weight is 593 g/mol. The number of anilines is 2. The number of carbonyl (C=O) groups excluding carboxylic acids is 1. The van der Waals surface area contributed by atoms with Crippen LogP contribution >= 0.6 is 22.7 Å². The highest BCUT2D eigenvalue weighted by atomic mass is 32.1. The van der Waals surface area contributed by atoms with E-state index in [1.807, 2.05) is 31.4 Å². The Morgan fingerprint density at radius 3 is 2.58 bits per heavy atom. The molecular weight excluding hydrogens is 565 g/mol. The molecule has 1 aromatic carbocycles. The molecule has 0 spiro atoms. The zero-order valence-electron chi connectivity index (χ0n) is 22.2. The maximum Gasteiger partial charge on any atom is 0.419 e. The summed E-state index contributed by atoms with van der Waals surface area (Å²) < 4.78 is 56.2. The Morgan fingerprint density at radius 2 is 1.93 bits per heavy atom. The van der Waals surface area contributed by atoms with Gasteiger partial charge in [-0.3, -0.25) is 0 Å². The molecule has 4 aromatic rings. The van der Waals surface area contributed by atoms with Crippen molar-refractivity contribution in [3.63, 3.8) is 0 Å². The quantitative estimate of drug-likeness (QED) is 0.146. The van der Waals surface area contributed by atoms with Gasteiger partial charge < -0.3 is 19.5 Å². The van der Waals surface area contributed by atoms with Gasteiger partial charge in [-0.05, 0) is 35.9 Å². The number of carbonyl (C=O) groups is 1. The SMILES string of the molecule is COCCOc1cc(-c2nc(Nc3ncc(-c4cccs4)nc3C(=O)OC)sc2CC(C)C)ccc1C(F)(F)F. The first kappa shape index (κ1) is 29.4. The molecule has 8 nitrogen and oxygen atoms in total. The first-order valence-corrected chi connectivity index (χ1v) is 13.9. The predicted octanol–water partition coefficient (Wildman–Crippen LogP) is 7.10. The van der Waals surface area contributed by atoms with Gasteiger partial charge in [-0.15, -0.1) is 22.7 Å². The third kappa shape index (κ3) is 6.95. The maximum absolute atomic E-state index is 13.7. The lowest BCUT2D eigenvalue weighted by Crippen LogP contribution is -2.11. The molecule has 0 aliphatic rings. The number of benzene rings is 1. The van der Waals surface area contributed by atoms with Gasteiger partial charge in [0.25, 0.3) is 0 Å². The average Bonchev–Trinajstić information content (AvgIpc) is 3.58. The summed E-state index contributed by atoms with van der Waals surface area (Å²) in [6, 6.07) is 7.45. The lowest BCUT2D eigenvalue weighted by molar-refractivity contribution is -0.139. The number of esters is 1. The largest absolute Gasteiger partial charge is 0.491 e. The fraction of sp³-hybridized carbons (Fsp3) is 0.333. The van der Waals surface area contributed by atoms with Crippen LogP contribution in [0.1, 0.15) is 34.8 Å². The number of thiazole rings is 1. The van der Waals surface area contributed by atoms with Crippen LogP contribution in [0.2, 0.25) is 0 Å². The number of thiophene rings is 1. The molecule has 0 aliphatic carbocycles. The fourth-order valence-corrected chi connectivity index (χ4v) is 5.64. The van der Waals surface area contributed by atoms with E-state index >= 15 is 0 Å². The number of rotatable bonds is 11. The summed E-state index contributed by atoms with van der Waals surface area (Å²) in [5, 5.41) is 5.36. The highest BCUT2D eigenvalue weighted by Crippen LogP contribution is 2.41. The summed E-state index contributed by atoms with van der Waals surface area (Å²) in [7, 11) is 2.70. The summed E-state index contributed by atoms with van der Waals surface area (Å²) in [5.74, 6) is -0.578. The molecular formula is C27H27F3N4O4S2. The van der Waals surface area contributed by atoms with Gasteiger partial charge >= 0.3 is 12.1 Å². The first-order valence-electron chi connectivity index (χ1n) is 12.2. The molecule has 0 aliphatic heterocycles. The van der Waals surface area contributed by atoms with Crippen molar-refractivity contribution in [2.24, 2.45) is 5.92 Å². The van der Waals surface area contributed by atoms with Crippen molar-refractivity contribution in [2.75, 3.05) is 32.8 Å². The molecule has 0 unspecified atom stereocenters. The molecule has 13 heteroatoms. The summed E-state index contributed by atoms with van der Waals surface area (Å²) in [5.41, 5.74) is 0.600. The maximum atomic E-state index is 13.7. The summed E-state index contributed by atoms with van der Waals surface area (Å²) in [6.45, 7) is 4.17. The lowest BCUT2D eigenvalue weighted by Gasteiger charge is -2.15. The molecule has 4 rings (SSSR count). The van der Waals surface area contributed by atoms with Crippen molar-refractivity contribution >= 4 is 39.6 Å². The molecule has 212 valence electrons. The monoisotopic (exact) mass is 592 g/mol. The molecule has 3 aromatic heterocycles. The van der Waals surface area contributed by atoms with Gasteiger partial charge in [-0.1, -0.05) is 26.0 Å². The zero-order chi connectivity index (χ0) is 28.9. The van der Waals surface area contributed by atoms with E-state index in [9.17, 15) is 18.0 Å². The Hall–Kier alpha value is -3.55. The van der Waals surface area contributed by atoms with Crippen LogP contribution in [0.4, 0.5) is 24.1 Å². The summed E-state index contributed by atoms with van der Waals surface area (Å²) in [6.07, 6.45) is -2.42. The molecule has 0 bridgehead atoms. The highest BCUT2D eigenvalue weighted by Gasteiger charge is 2.35. The van der Waals surface area contributed by atoms with Crippen LogP contribution in [0.25, 0.3) is 21.8 Å². The van der Waals surface area contributed by atoms with Gasteiger partial charge in [0, 0.05) is 17.6 Å². The van der Waals surface area contributed by atoms with Crippen molar-refractivity contribution in [3.05, 3.63) is 58.0 Å². The van der Waals surface area contributed by atoms with E-state index in [1.54, 1.807) is 6.20 Å². The number of methoxy groups -OCH3 is 2. The normalized spacial score (nSPS) is 11.6. The standard InChI is InChI=1S/C27H27F3N4O4S2/c1-15(2)12-21-22(16-7-8-17(27(28,29)30)19(13-16)38-10-9-36-3)33-26(40-21)34-24-23(25(35)37-4)32-18(14-31-24)20-6-5-11-39-20/h5-8,11,13-15H,9-10,12H2,1-4H3,(H,31,33,34). The van der Waals surface area contributed by atoms with Gasteiger partial charge in [-0.25, -0.2) is 19.7 Å². The molecule has 0 radical (unpaired) electrons. The lowest BCUT2D eigenvalue weighted by atomic mass is 10.0. The number of hydrogen-bond acceptors (Lipinski definition) is 10. The molecule has 1 N–H and O–H groups in total. The predicted molar refractivity (Wildman–Crippen MR) is 148 cm³/mol. The van der Waals surface area contributed by atoms with Crippen molar-refractivity contribution in [3.8, 4) is 27.6 Å². The molecule has 0 saturated carbocycles. The van der Waals surface area contributed by atoms with E-state index < -0.39 is 17.7 Å². The number of nitrogens with zero attached hydrogens (tertiary/aromatic N) is 3. The summed E-state index contributed by atoms with van der Waals surface area (Å²) >= 11 is 2.78. The van der Waals surface area contributed by atoms with Gasteiger partial charge in [0.1, 0.15) is 12.4 Å². The number of hydrogen-bond donors (Lipinski definition) is 1. The van der Waals surface area contributed by atoms with Gasteiger partial charge in [0.05, 0.1) is 41.7 Å². The van der Waals surface area contributed by atoms with Crippen LogP contribution in [0.3, 0.4) is 0 Å². The Labute approximate surface area is 237 Å². The van der Waals surface area contributed by atoms with Gasteiger partial charge in [0.15, 0.2) is 16.6 Å². The molecule has 40 heavy (non-hydrogen) atoms. The second-order valence-electron chi connectivity index (χ2n) is 8.99. The highest BCUT2D eigenvalue weighted by molar-refractivity contribution is 7.16. The van der Waals surface area contributed by atoms with E-state index in [-0.39, 0.29) is 36.4 Å². The van der Waals surface area contributed by atoms with Crippen LogP contribution in [0.5, 0.6) is 5.75 Å². The van der Waals surface area contributed by atoms with Gasteiger partial charge in [-0.2, -0.15) is 13.2 Å². The Morgan fingerprint density at radius 1 is 1.12 bits per heavy atom. The Balaban J connectivity index is 1.73. The van der Waals surface area contributed by atoms with Gasteiger partial charge in [0.2, 0.25) is 0 Å². The molecule has 3 heterocycles. The second kappa shape index (κ2) is 12.7. The van der Waals surface area contributed by atoms with E-state index in [1.165, 1.54) is 49.0 Å². The number of nitrogens with one attached hydrogen (secondary N) is 1. The van der Waals surface area contributed by atoms with Crippen molar-refractivity contribution in [1.29, 1.82) is 0 Å². The minimum absolute atomic E-state index is 0.0149. The van der Waals surface area contributed by atoms with Crippen molar-refractivity contribution in [2.45, 2.75) is 26.4 Å². The summed E-state index contributed by atoms with van der Waals surface area (Å²) in [4.78, 5) is 27.8. The van der Waals surface area contributed by atoms with Crippen molar-refractivity contribution < 1.29 is 32.2 Å². The number of aromatic nitrogens is 3. The minimum atomic E-state index is -4.59. The number of alkyl halides is 3. The van der Waals surface area contributed by atoms with Crippen LogP contribution in [-0.4, -0.2) is 48.4 Å². The Kier molecular flexibility index (Phi) is 9.38. The first-order chi connectivity index (χ1) is 19.1. The van der Waals surface area contributed by atoms with Crippen LogP contribution in [0.15, 0.2) is 41.9 Å². The van der Waals surface area contributed by atoms with E-state index in [0.717, 1.165) is 15.8 Å². The second-order valence-corrected chi connectivity index (χ2v) is 11.0. The van der Waals surface area contributed by atoms with Crippen LogP contribution in [-0.2, 0) is 22.1 Å². The van der Waals surface area contributed by atoms with E-state index in [0.29, 0.717) is 28.5 Å². The molecule has 0 saturated heterocycles. The molecule has 0 atom stereocenters. The number of halogens is 3. The van der Waals surface area contributed by atoms with Crippen LogP contribution in [0, 0.1) is 5.92 Å². The molecule has 0 fully saturated rings. The third-order valence-electron chi connectivity index (χ3n) is 5.55. The fourth-order valence-electron chi connectivity index (χ4n) is 3.76. The van der Waals surface area contributed by atoms with Crippen LogP contribution < -0.4 is 10.1 Å². The minimum Gasteiger partial charge on any atom is -0.491 e. The smallest absolute Gasteiger partial charge is 0.419 e.